The summed E-state index contributed by atoms with van der Waals surface area (Å²) in [6.45, 7) is 0. The normalized spacial score (nSPS) is 11.2. The molecule has 0 N–H and O–H groups in total. The molecule has 0 atom stereocenters. The van der Waals surface area contributed by atoms with Crippen molar-refractivity contribution in [3.63, 3.8) is 0 Å². The van der Waals surface area contributed by atoms with E-state index < -0.39 is 0 Å². The third-order valence-corrected chi connectivity index (χ3v) is 8.39. The Balaban J connectivity index is 1.35. The lowest BCUT2D eigenvalue weighted by atomic mass is 10.0. The van der Waals surface area contributed by atoms with E-state index in [1.54, 1.807) is 0 Å². The average molecular weight is 563 g/mol. The van der Waals surface area contributed by atoms with Crippen molar-refractivity contribution >= 4 is 38.9 Å². The summed E-state index contributed by atoms with van der Waals surface area (Å²) in [5, 5.41) is 2.47. The van der Waals surface area contributed by atoms with Crippen LogP contribution in [0.4, 0.5) is 17.1 Å². The number of benzene rings is 7. The zero-order chi connectivity index (χ0) is 29.3. The van der Waals surface area contributed by atoms with E-state index in [1.165, 1.54) is 44.1 Å². The number of hydrogen-bond donors (Lipinski definition) is 0. The quantitative estimate of drug-likeness (QED) is 0.196. The van der Waals surface area contributed by atoms with Crippen LogP contribution < -0.4 is 4.90 Å². The highest BCUT2D eigenvalue weighted by atomic mass is 15.2. The summed E-state index contributed by atoms with van der Waals surface area (Å²) in [6.07, 6.45) is 0. The summed E-state index contributed by atoms with van der Waals surface area (Å²) in [4.78, 5) is 2.38. The topological polar surface area (TPSA) is 8.17 Å². The molecule has 0 aliphatic carbocycles. The first-order valence-electron chi connectivity index (χ1n) is 15.0. The van der Waals surface area contributed by atoms with Gasteiger partial charge in [0.1, 0.15) is 0 Å². The minimum atomic E-state index is 1.11. The van der Waals surface area contributed by atoms with Gasteiger partial charge in [-0.15, -0.1) is 0 Å². The van der Waals surface area contributed by atoms with Crippen LogP contribution in [-0.4, -0.2) is 4.57 Å². The van der Waals surface area contributed by atoms with Gasteiger partial charge in [0.25, 0.3) is 0 Å². The van der Waals surface area contributed by atoms with Crippen molar-refractivity contribution in [2.24, 2.45) is 0 Å². The van der Waals surface area contributed by atoms with Gasteiger partial charge in [0.05, 0.1) is 16.7 Å². The van der Waals surface area contributed by atoms with Crippen molar-refractivity contribution in [1.29, 1.82) is 0 Å². The molecule has 0 bridgehead atoms. The molecule has 44 heavy (non-hydrogen) atoms. The molecule has 1 aromatic heterocycles. The molecule has 8 aromatic rings. The standard InChI is InChI=1S/C42H30N2/c1-4-13-31(14-5-1)33-23-27-36(28-24-33)43(35-17-8-3-9-18-35)41-22-12-20-39-38-19-10-11-21-40(38)44(42(39)41)37-29-25-34(26-30-37)32-15-6-2-7-16-32/h1-30H. The summed E-state index contributed by atoms with van der Waals surface area (Å²) in [7, 11) is 0. The van der Waals surface area contributed by atoms with Crippen molar-refractivity contribution in [3.05, 3.63) is 182 Å². The van der Waals surface area contributed by atoms with E-state index in [0.717, 1.165) is 22.7 Å². The summed E-state index contributed by atoms with van der Waals surface area (Å²) in [6, 6.07) is 65.0. The largest absolute Gasteiger partial charge is 0.308 e. The van der Waals surface area contributed by atoms with Gasteiger partial charge in [-0.3, -0.25) is 0 Å². The fraction of sp³-hybridized carbons (Fsp3) is 0. The fourth-order valence-corrected chi connectivity index (χ4v) is 6.32. The first-order valence-corrected chi connectivity index (χ1v) is 15.0. The molecule has 0 amide bonds. The van der Waals surface area contributed by atoms with Crippen LogP contribution in [0.25, 0.3) is 49.7 Å². The molecule has 0 aliphatic heterocycles. The highest BCUT2D eigenvalue weighted by Gasteiger charge is 2.21. The summed E-state index contributed by atoms with van der Waals surface area (Å²) >= 11 is 0. The van der Waals surface area contributed by atoms with Crippen LogP contribution >= 0.6 is 0 Å². The Hall–Kier alpha value is -5.86. The maximum absolute atomic E-state index is 2.42. The number of fused-ring (bicyclic) bond motifs is 3. The van der Waals surface area contributed by atoms with E-state index in [0.29, 0.717) is 0 Å². The van der Waals surface area contributed by atoms with Gasteiger partial charge >= 0.3 is 0 Å². The molecule has 0 fully saturated rings. The summed E-state index contributed by atoms with van der Waals surface area (Å²) in [5.41, 5.74) is 11.7. The number of aromatic nitrogens is 1. The molecule has 0 radical (unpaired) electrons. The number of para-hydroxylation sites is 3. The molecule has 8 rings (SSSR count). The van der Waals surface area contributed by atoms with Crippen LogP contribution in [-0.2, 0) is 0 Å². The lowest BCUT2D eigenvalue weighted by Crippen LogP contribution is -2.11. The smallest absolute Gasteiger partial charge is 0.0782 e. The molecule has 1 heterocycles. The Morgan fingerprint density at radius 1 is 0.341 bits per heavy atom. The van der Waals surface area contributed by atoms with Gasteiger partial charge in [-0.05, 0) is 70.8 Å². The van der Waals surface area contributed by atoms with E-state index in [2.05, 4.69) is 191 Å². The number of nitrogens with zero attached hydrogens (tertiary/aromatic N) is 2. The van der Waals surface area contributed by atoms with Crippen molar-refractivity contribution < 1.29 is 0 Å². The second kappa shape index (κ2) is 11.1. The maximum atomic E-state index is 2.42. The molecule has 0 aliphatic rings. The Kier molecular flexibility index (Phi) is 6.51. The van der Waals surface area contributed by atoms with Crippen LogP contribution in [0.2, 0.25) is 0 Å². The van der Waals surface area contributed by atoms with Crippen LogP contribution in [0.15, 0.2) is 182 Å². The molecule has 208 valence electrons. The van der Waals surface area contributed by atoms with Crippen molar-refractivity contribution in [3.8, 4) is 27.9 Å². The molecule has 0 saturated carbocycles. The van der Waals surface area contributed by atoms with Crippen molar-refractivity contribution in [1.82, 2.24) is 4.57 Å². The number of rotatable bonds is 6. The Labute approximate surface area is 257 Å². The fourth-order valence-electron chi connectivity index (χ4n) is 6.32. The van der Waals surface area contributed by atoms with Crippen LogP contribution in [0.3, 0.4) is 0 Å². The van der Waals surface area contributed by atoms with E-state index >= 15 is 0 Å². The maximum Gasteiger partial charge on any atom is 0.0782 e. The summed E-state index contributed by atoms with van der Waals surface area (Å²) < 4.78 is 2.42. The predicted molar refractivity (Wildman–Crippen MR) is 186 cm³/mol. The molecule has 0 saturated heterocycles. The molecule has 2 nitrogen and oxygen atoms in total. The highest BCUT2D eigenvalue weighted by Crippen LogP contribution is 2.43. The summed E-state index contributed by atoms with van der Waals surface area (Å²) in [5.74, 6) is 0. The van der Waals surface area contributed by atoms with Gasteiger partial charge < -0.3 is 9.47 Å². The van der Waals surface area contributed by atoms with Crippen molar-refractivity contribution in [2.75, 3.05) is 4.90 Å². The van der Waals surface area contributed by atoms with Gasteiger partial charge in [0.2, 0.25) is 0 Å². The third-order valence-electron chi connectivity index (χ3n) is 8.39. The molecule has 0 spiro atoms. The predicted octanol–water partition coefficient (Wildman–Crippen LogP) is 11.6. The van der Waals surface area contributed by atoms with Gasteiger partial charge in [0, 0.05) is 27.8 Å². The second-order valence-electron chi connectivity index (χ2n) is 11.0. The minimum absolute atomic E-state index is 1.11. The first kappa shape index (κ1) is 25.8. The SMILES string of the molecule is c1ccc(-c2ccc(N(c3ccccc3)c3cccc4c5ccccc5n(-c5ccc(-c6ccccc6)cc5)c34)cc2)cc1. The molecule has 0 unspecified atom stereocenters. The highest BCUT2D eigenvalue weighted by molar-refractivity contribution is 6.14. The van der Waals surface area contributed by atoms with E-state index in [4.69, 9.17) is 0 Å². The lowest BCUT2D eigenvalue weighted by molar-refractivity contribution is 1.17. The van der Waals surface area contributed by atoms with E-state index in [-0.39, 0.29) is 0 Å². The number of hydrogen-bond acceptors (Lipinski definition) is 1. The molecular formula is C42H30N2. The number of anilines is 3. The zero-order valence-corrected chi connectivity index (χ0v) is 24.2. The third kappa shape index (κ3) is 4.54. The van der Waals surface area contributed by atoms with Gasteiger partial charge in [-0.2, -0.15) is 0 Å². The lowest BCUT2D eigenvalue weighted by Gasteiger charge is -2.27. The van der Waals surface area contributed by atoms with Crippen LogP contribution in [0.5, 0.6) is 0 Å². The monoisotopic (exact) mass is 562 g/mol. The Bertz CT molecular complexity index is 2180. The Morgan fingerprint density at radius 2 is 0.818 bits per heavy atom. The second-order valence-corrected chi connectivity index (χ2v) is 11.0. The molecule has 2 heteroatoms. The van der Waals surface area contributed by atoms with Crippen LogP contribution in [0.1, 0.15) is 0 Å². The minimum Gasteiger partial charge on any atom is -0.308 e. The molecule has 7 aromatic carbocycles. The Morgan fingerprint density at radius 3 is 1.45 bits per heavy atom. The van der Waals surface area contributed by atoms with Gasteiger partial charge in [-0.25, -0.2) is 0 Å². The van der Waals surface area contributed by atoms with Gasteiger partial charge in [-0.1, -0.05) is 133 Å². The van der Waals surface area contributed by atoms with E-state index in [9.17, 15) is 0 Å². The van der Waals surface area contributed by atoms with Gasteiger partial charge in [0.15, 0.2) is 0 Å². The zero-order valence-electron chi connectivity index (χ0n) is 24.2. The van der Waals surface area contributed by atoms with E-state index in [1.807, 2.05) is 0 Å². The average Bonchev–Trinajstić information content (AvgIpc) is 3.45. The molecular weight excluding hydrogens is 532 g/mol. The first-order chi connectivity index (χ1) is 21.8. The van der Waals surface area contributed by atoms with Crippen molar-refractivity contribution in [2.45, 2.75) is 0 Å². The van der Waals surface area contributed by atoms with Crippen LogP contribution in [0, 0.1) is 0 Å².